The molecule has 0 aromatic heterocycles. The summed E-state index contributed by atoms with van der Waals surface area (Å²) in [6.07, 6.45) is 5.25. The summed E-state index contributed by atoms with van der Waals surface area (Å²) in [6, 6.07) is 13.1. The van der Waals surface area contributed by atoms with Gasteiger partial charge in [-0.25, -0.2) is 8.42 Å². The molecule has 0 spiro atoms. The number of carbonyl (C=O) groups is 2. The van der Waals surface area contributed by atoms with Crippen LogP contribution in [-0.2, 0) is 32.5 Å². The molecule has 0 aliphatic carbocycles. The first kappa shape index (κ1) is 25.9. The number of hydrogen-bond donors (Lipinski definition) is 3. The number of nitrogens with one attached hydrogen (secondary N) is 3. The molecule has 0 unspecified atom stereocenters. The summed E-state index contributed by atoms with van der Waals surface area (Å²) in [7, 11) is -3.95. The molecule has 34 heavy (non-hydrogen) atoms. The molecule has 3 N–H and O–H groups in total. The zero-order chi connectivity index (χ0) is 24.6. The van der Waals surface area contributed by atoms with Gasteiger partial charge in [0, 0.05) is 18.7 Å². The van der Waals surface area contributed by atoms with E-state index in [-0.39, 0.29) is 23.1 Å². The maximum Gasteiger partial charge on any atom is 0.241 e. The Labute approximate surface area is 202 Å². The van der Waals surface area contributed by atoms with Crippen LogP contribution in [0.15, 0.2) is 53.4 Å². The number of sulfonamides is 1. The van der Waals surface area contributed by atoms with Gasteiger partial charge in [-0.05, 0) is 54.5 Å². The predicted octanol–water partition coefficient (Wildman–Crippen LogP) is 3.79. The third kappa shape index (κ3) is 7.14. The van der Waals surface area contributed by atoms with Crippen molar-refractivity contribution in [1.29, 1.82) is 0 Å². The fraction of sp³-hybridized carbons (Fsp3) is 0.462. The fourth-order valence-corrected chi connectivity index (χ4v) is 5.38. The Morgan fingerprint density at radius 3 is 2.56 bits per heavy atom. The van der Waals surface area contributed by atoms with Gasteiger partial charge < -0.3 is 10.6 Å². The molecule has 7 nitrogen and oxygen atoms in total. The van der Waals surface area contributed by atoms with Crippen molar-refractivity contribution in [3.8, 4) is 0 Å². The molecule has 1 heterocycles. The van der Waals surface area contributed by atoms with Gasteiger partial charge in [-0.1, -0.05) is 63.4 Å². The molecular formula is C26H35N3O4S. The van der Waals surface area contributed by atoms with E-state index in [4.69, 9.17) is 0 Å². The van der Waals surface area contributed by atoms with Gasteiger partial charge in [-0.15, -0.1) is 0 Å². The van der Waals surface area contributed by atoms with Gasteiger partial charge in [0.2, 0.25) is 21.8 Å². The van der Waals surface area contributed by atoms with Gasteiger partial charge in [0.15, 0.2) is 0 Å². The maximum atomic E-state index is 13.2. The summed E-state index contributed by atoms with van der Waals surface area (Å²) in [5.41, 5.74) is 2.27. The highest BCUT2D eigenvalue weighted by Crippen LogP contribution is 2.25. The van der Waals surface area contributed by atoms with E-state index in [2.05, 4.69) is 29.2 Å². The van der Waals surface area contributed by atoms with Gasteiger partial charge >= 0.3 is 0 Å². The van der Waals surface area contributed by atoms with E-state index < -0.39 is 16.1 Å². The first-order valence-electron chi connectivity index (χ1n) is 12.1. The van der Waals surface area contributed by atoms with Crippen LogP contribution >= 0.6 is 0 Å². The minimum atomic E-state index is -3.95. The second-order valence-corrected chi connectivity index (χ2v) is 10.6. The number of unbranched alkanes of at least 4 members (excludes halogenated alkanes) is 1. The van der Waals surface area contributed by atoms with Crippen molar-refractivity contribution in [1.82, 2.24) is 10.0 Å². The SMILES string of the molecule is CCCC[C@H](CC)CNC(=O)[C@@H](Cc1ccccc1)NS(=O)(=O)c1ccc2c(c1)CCC(=O)N2. The monoisotopic (exact) mass is 485 g/mol. The predicted molar refractivity (Wildman–Crippen MR) is 134 cm³/mol. The Morgan fingerprint density at radius 1 is 1.09 bits per heavy atom. The van der Waals surface area contributed by atoms with Crippen LogP contribution in [0.5, 0.6) is 0 Å². The molecule has 0 fully saturated rings. The van der Waals surface area contributed by atoms with Crippen molar-refractivity contribution in [2.75, 3.05) is 11.9 Å². The van der Waals surface area contributed by atoms with Crippen molar-refractivity contribution in [3.63, 3.8) is 0 Å². The minimum Gasteiger partial charge on any atom is -0.354 e. The number of amides is 2. The Kier molecular flexibility index (Phi) is 9.24. The zero-order valence-electron chi connectivity index (χ0n) is 20.0. The van der Waals surface area contributed by atoms with E-state index >= 15 is 0 Å². The summed E-state index contributed by atoms with van der Waals surface area (Å²) >= 11 is 0. The first-order valence-corrected chi connectivity index (χ1v) is 13.6. The van der Waals surface area contributed by atoms with E-state index in [9.17, 15) is 18.0 Å². The normalized spacial score (nSPS) is 15.2. The average Bonchev–Trinajstić information content (AvgIpc) is 2.83. The van der Waals surface area contributed by atoms with E-state index in [1.807, 2.05) is 30.3 Å². The molecule has 184 valence electrons. The third-order valence-electron chi connectivity index (χ3n) is 6.29. The molecule has 0 saturated carbocycles. The summed E-state index contributed by atoms with van der Waals surface area (Å²) in [5.74, 6) is -0.0357. The molecule has 0 radical (unpaired) electrons. The first-order chi connectivity index (χ1) is 16.3. The Morgan fingerprint density at radius 2 is 1.85 bits per heavy atom. The molecule has 3 rings (SSSR count). The Balaban J connectivity index is 1.77. The number of carbonyl (C=O) groups excluding carboxylic acids is 2. The number of anilines is 1. The zero-order valence-corrected chi connectivity index (χ0v) is 20.8. The lowest BCUT2D eigenvalue weighted by Gasteiger charge is -2.22. The second kappa shape index (κ2) is 12.1. The molecule has 2 atom stereocenters. The lowest BCUT2D eigenvalue weighted by Crippen LogP contribution is -2.48. The van der Waals surface area contributed by atoms with Gasteiger partial charge in [-0.3, -0.25) is 9.59 Å². The van der Waals surface area contributed by atoms with Crippen LogP contribution in [0.1, 0.15) is 57.1 Å². The average molecular weight is 486 g/mol. The van der Waals surface area contributed by atoms with E-state index in [0.717, 1.165) is 36.8 Å². The number of aryl methyl sites for hydroxylation is 1. The highest BCUT2D eigenvalue weighted by Gasteiger charge is 2.27. The molecule has 1 aliphatic rings. The lowest BCUT2D eigenvalue weighted by atomic mass is 9.99. The fourth-order valence-electron chi connectivity index (χ4n) is 4.13. The van der Waals surface area contributed by atoms with Gasteiger partial charge in [0.05, 0.1) is 4.90 Å². The maximum absolute atomic E-state index is 13.2. The summed E-state index contributed by atoms with van der Waals surface area (Å²) < 4.78 is 29.1. The van der Waals surface area contributed by atoms with E-state index in [1.165, 1.54) is 6.07 Å². The third-order valence-corrected chi connectivity index (χ3v) is 7.76. The van der Waals surface area contributed by atoms with Gasteiger partial charge in [0.1, 0.15) is 6.04 Å². The summed E-state index contributed by atoms with van der Waals surface area (Å²) in [6.45, 7) is 4.78. The van der Waals surface area contributed by atoms with Crippen molar-refractivity contribution in [2.45, 2.75) is 69.7 Å². The van der Waals surface area contributed by atoms with Gasteiger partial charge in [-0.2, -0.15) is 4.72 Å². The molecule has 0 saturated heterocycles. The van der Waals surface area contributed by atoms with Crippen molar-refractivity contribution < 1.29 is 18.0 Å². The Bertz CT molecular complexity index is 1090. The highest BCUT2D eigenvalue weighted by molar-refractivity contribution is 7.89. The van der Waals surface area contributed by atoms with E-state index in [0.29, 0.717) is 31.0 Å². The molecule has 1 aliphatic heterocycles. The molecule has 0 bridgehead atoms. The van der Waals surface area contributed by atoms with Crippen molar-refractivity contribution in [2.24, 2.45) is 5.92 Å². The van der Waals surface area contributed by atoms with Gasteiger partial charge in [0.25, 0.3) is 0 Å². The standard InChI is InChI=1S/C26H35N3O4S/c1-3-5-9-19(4-2)18-27-26(31)24(16-20-10-7-6-8-11-20)29-34(32,33)22-13-14-23-21(17-22)12-15-25(30)28-23/h6-8,10-11,13-14,17,19,24,29H,3-5,9,12,15-16,18H2,1-2H3,(H,27,31)(H,28,30)/t19-,24+/m0/s1. The number of fused-ring (bicyclic) bond motifs is 1. The largest absolute Gasteiger partial charge is 0.354 e. The molecule has 8 heteroatoms. The molecule has 2 aromatic rings. The van der Waals surface area contributed by atoms with Crippen LogP contribution < -0.4 is 15.4 Å². The highest BCUT2D eigenvalue weighted by atomic mass is 32.2. The second-order valence-electron chi connectivity index (χ2n) is 8.89. The topological polar surface area (TPSA) is 104 Å². The summed E-state index contributed by atoms with van der Waals surface area (Å²) in [4.78, 5) is 24.8. The lowest BCUT2D eigenvalue weighted by molar-refractivity contribution is -0.123. The van der Waals surface area contributed by atoms with Crippen LogP contribution in [0.25, 0.3) is 0 Å². The minimum absolute atomic E-state index is 0.0786. The molecule has 2 aromatic carbocycles. The quantitative estimate of drug-likeness (QED) is 0.425. The summed E-state index contributed by atoms with van der Waals surface area (Å²) in [5, 5.41) is 5.74. The number of benzene rings is 2. The molecular weight excluding hydrogens is 450 g/mol. The number of rotatable bonds is 12. The smallest absolute Gasteiger partial charge is 0.241 e. The van der Waals surface area contributed by atoms with Crippen LogP contribution in [0.2, 0.25) is 0 Å². The molecule has 2 amide bonds. The Hall–Kier alpha value is -2.71. The number of hydrogen-bond acceptors (Lipinski definition) is 4. The van der Waals surface area contributed by atoms with Crippen molar-refractivity contribution in [3.05, 3.63) is 59.7 Å². The van der Waals surface area contributed by atoms with Crippen LogP contribution in [0.3, 0.4) is 0 Å². The van der Waals surface area contributed by atoms with E-state index in [1.54, 1.807) is 12.1 Å². The van der Waals surface area contributed by atoms with Crippen LogP contribution in [0.4, 0.5) is 5.69 Å². The van der Waals surface area contributed by atoms with Crippen molar-refractivity contribution >= 4 is 27.5 Å². The van der Waals surface area contributed by atoms with Crippen LogP contribution in [0, 0.1) is 5.92 Å². The van der Waals surface area contributed by atoms with Crippen LogP contribution in [-0.4, -0.2) is 32.8 Å².